The number of carboxylic acid groups (broad SMARTS) is 2. The summed E-state index contributed by atoms with van der Waals surface area (Å²) < 4.78 is 0. The van der Waals surface area contributed by atoms with Crippen molar-refractivity contribution >= 4 is 41.5 Å². The van der Waals surface area contributed by atoms with Gasteiger partial charge in [0.25, 0.3) is 0 Å². The predicted octanol–water partition coefficient (Wildman–Crippen LogP) is -4.51. The molecule has 0 bridgehead atoms. The van der Waals surface area contributed by atoms with Crippen LogP contribution in [-0.2, 0) is 33.6 Å². The predicted molar refractivity (Wildman–Crippen MR) is 102 cm³/mol. The molecule has 15 nitrogen and oxygen atoms in total. The zero-order valence-electron chi connectivity index (χ0n) is 16.6. The van der Waals surface area contributed by atoms with E-state index in [2.05, 4.69) is 10.6 Å². The molecule has 11 N–H and O–H groups in total. The molecule has 0 aromatic rings. The molecular formula is C16H26N6O9. The van der Waals surface area contributed by atoms with Gasteiger partial charge in [-0.2, -0.15) is 0 Å². The first-order valence-electron chi connectivity index (χ1n) is 8.92. The van der Waals surface area contributed by atoms with Crippen LogP contribution in [0.1, 0.15) is 32.6 Å². The number of carbonyl (C=O) groups excluding carboxylic acids is 5. The molecule has 0 rings (SSSR count). The highest BCUT2D eigenvalue weighted by atomic mass is 16.4. The van der Waals surface area contributed by atoms with E-state index in [1.165, 1.54) is 6.92 Å². The summed E-state index contributed by atoms with van der Waals surface area (Å²) in [4.78, 5) is 80.3. The summed E-state index contributed by atoms with van der Waals surface area (Å²) >= 11 is 0. The molecule has 0 saturated carbocycles. The maximum absolute atomic E-state index is 12.3. The first-order chi connectivity index (χ1) is 14.2. The lowest BCUT2D eigenvalue weighted by molar-refractivity contribution is -0.143. The minimum Gasteiger partial charge on any atom is -0.481 e. The van der Waals surface area contributed by atoms with Crippen molar-refractivity contribution in [2.75, 3.05) is 0 Å². The average molecular weight is 446 g/mol. The number of aliphatic carboxylic acids is 2. The van der Waals surface area contributed by atoms with E-state index in [4.69, 9.17) is 27.4 Å². The number of amides is 5. The van der Waals surface area contributed by atoms with Crippen molar-refractivity contribution in [3.63, 3.8) is 0 Å². The van der Waals surface area contributed by atoms with Crippen molar-refractivity contribution in [3.8, 4) is 0 Å². The van der Waals surface area contributed by atoms with Crippen molar-refractivity contribution in [1.29, 1.82) is 0 Å². The molecule has 0 heterocycles. The highest BCUT2D eigenvalue weighted by Gasteiger charge is 2.30. The van der Waals surface area contributed by atoms with Gasteiger partial charge in [0, 0.05) is 6.42 Å². The summed E-state index contributed by atoms with van der Waals surface area (Å²) in [6.07, 6.45) is -2.09. The van der Waals surface area contributed by atoms with E-state index in [1.807, 2.05) is 5.32 Å². The lowest BCUT2D eigenvalue weighted by Gasteiger charge is -2.22. The number of carboxylic acids is 2. The second-order valence-corrected chi connectivity index (χ2v) is 6.57. The van der Waals surface area contributed by atoms with Crippen molar-refractivity contribution in [2.24, 2.45) is 17.2 Å². The fourth-order valence-electron chi connectivity index (χ4n) is 2.19. The van der Waals surface area contributed by atoms with Crippen LogP contribution in [-0.4, -0.2) is 75.9 Å². The summed E-state index contributed by atoms with van der Waals surface area (Å²) in [5.41, 5.74) is 15.3. The Kier molecular flexibility index (Phi) is 11.2. The molecule has 4 unspecified atom stereocenters. The normalized spacial score (nSPS) is 14.3. The molecule has 174 valence electrons. The molecule has 4 atom stereocenters. The second-order valence-electron chi connectivity index (χ2n) is 6.57. The number of rotatable bonds is 14. The Balaban J connectivity index is 5.15. The van der Waals surface area contributed by atoms with Crippen LogP contribution in [0, 0.1) is 0 Å². The minimum atomic E-state index is -1.70. The van der Waals surface area contributed by atoms with E-state index in [0.717, 1.165) is 0 Å². The van der Waals surface area contributed by atoms with Crippen LogP contribution in [0.15, 0.2) is 0 Å². The van der Waals surface area contributed by atoms with E-state index >= 15 is 0 Å². The lowest BCUT2D eigenvalue weighted by Crippen LogP contribution is -2.57. The Morgan fingerprint density at radius 2 is 1.32 bits per heavy atom. The van der Waals surface area contributed by atoms with Gasteiger partial charge in [-0.05, 0) is 13.3 Å². The van der Waals surface area contributed by atoms with Gasteiger partial charge in [0.2, 0.25) is 29.5 Å². The topological polar surface area (TPSA) is 274 Å². The van der Waals surface area contributed by atoms with Crippen LogP contribution in [0.4, 0.5) is 0 Å². The number of carbonyl (C=O) groups is 7. The molecule has 0 aromatic carbocycles. The number of primary amides is 2. The quantitative estimate of drug-likeness (QED) is 0.126. The Hall–Kier alpha value is -3.75. The molecule has 0 fully saturated rings. The largest absolute Gasteiger partial charge is 0.481 e. The first-order valence-corrected chi connectivity index (χ1v) is 8.92. The van der Waals surface area contributed by atoms with Gasteiger partial charge in [-0.15, -0.1) is 0 Å². The van der Waals surface area contributed by atoms with Gasteiger partial charge in [0.05, 0.1) is 18.9 Å². The third-order valence-corrected chi connectivity index (χ3v) is 3.82. The smallest absolute Gasteiger partial charge is 0.326 e. The van der Waals surface area contributed by atoms with Crippen LogP contribution >= 0.6 is 0 Å². The van der Waals surface area contributed by atoms with E-state index in [-0.39, 0.29) is 12.8 Å². The van der Waals surface area contributed by atoms with Gasteiger partial charge in [0.15, 0.2) is 0 Å². The molecule has 0 aromatic heterocycles. The average Bonchev–Trinajstić information content (AvgIpc) is 2.62. The molecule has 5 amide bonds. The van der Waals surface area contributed by atoms with Crippen LogP contribution in [0.2, 0.25) is 0 Å². The van der Waals surface area contributed by atoms with Crippen LogP contribution < -0.4 is 33.2 Å². The molecule has 0 radical (unpaired) electrons. The molecule has 15 heteroatoms. The highest BCUT2D eigenvalue weighted by molar-refractivity contribution is 5.96. The van der Waals surface area contributed by atoms with Gasteiger partial charge < -0.3 is 43.4 Å². The second kappa shape index (κ2) is 12.7. The van der Waals surface area contributed by atoms with Crippen molar-refractivity contribution in [3.05, 3.63) is 0 Å². The minimum absolute atomic E-state index is 0.353. The van der Waals surface area contributed by atoms with E-state index in [9.17, 15) is 33.6 Å². The maximum atomic E-state index is 12.3. The van der Waals surface area contributed by atoms with Crippen molar-refractivity contribution in [2.45, 2.75) is 56.8 Å². The Labute approximate surface area is 176 Å². The van der Waals surface area contributed by atoms with Gasteiger partial charge in [0.1, 0.15) is 18.1 Å². The van der Waals surface area contributed by atoms with Crippen molar-refractivity contribution in [1.82, 2.24) is 16.0 Å². The fourth-order valence-corrected chi connectivity index (χ4v) is 2.19. The molecular weight excluding hydrogens is 420 g/mol. The van der Waals surface area contributed by atoms with Gasteiger partial charge in [-0.3, -0.25) is 28.8 Å². The molecule has 31 heavy (non-hydrogen) atoms. The summed E-state index contributed by atoms with van der Waals surface area (Å²) in [7, 11) is 0. The van der Waals surface area contributed by atoms with Gasteiger partial charge >= 0.3 is 11.9 Å². The van der Waals surface area contributed by atoms with Crippen LogP contribution in [0.25, 0.3) is 0 Å². The number of hydrogen-bond acceptors (Lipinski definition) is 8. The zero-order chi connectivity index (χ0) is 24.3. The Morgan fingerprint density at radius 3 is 1.77 bits per heavy atom. The summed E-state index contributed by atoms with van der Waals surface area (Å²) in [5.74, 6) is -7.65. The number of nitrogens with one attached hydrogen (secondary N) is 3. The number of hydrogen-bond donors (Lipinski definition) is 8. The monoisotopic (exact) mass is 446 g/mol. The third-order valence-electron chi connectivity index (χ3n) is 3.82. The Bertz CT molecular complexity index is 741. The standard InChI is InChI=1S/C16H26N6O9/c1-6(20-14(28)7(17)4-11(19)24)13(27)22-9(5-12(25)26)15(29)21-8(16(30)31)2-3-10(18)23/h6-9H,2-5,17H2,1H3,(H2,18,23)(H2,19,24)(H,20,28)(H,21,29)(H,22,27)(H,25,26)(H,30,31). The van der Waals surface area contributed by atoms with Crippen LogP contribution in [0.3, 0.4) is 0 Å². The Morgan fingerprint density at radius 1 is 0.774 bits per heavy atom. The maximum Gasteiger partial charge on any atom is 0.326 e. The summed E-state index contributed by atoms with van der Waals surface area (Å²) in [6, 6.07) is -5.87. The van der Waals surface area contributed by atoms with E-state index in [0.29, 0.717) is 0 Å². The number of nitrogens with two attached hydrogens (primary N) is 3. The van der Waals surface area contributed by atoms with E-state index in [1.54, 1.807) is 0 Å². The molecule has 0 spiro atoms. The SMILES string of the molecule is CC(NC(=O)C(N)CC(N)=O)C(=O)NC(CC(=O)O)C(=O)NC(CCC(N)=O)C(=O)O. The third kappa shape index (κ3) is 11.1. The van der Waals surface area contributed by atoms with Gasteiger partial charge in [-0.25, -0.2) is 4.79 Å². The zero-order valence-corrected chi connectivity index (χ0v) is 16.6. The molecule has 0 aliphatic rings. The molecule has 0 aliphatic carbocycles. The highest BCUT2D eigenvalue weighted by Crippen LogP contribution is 2.02. The van der Waals surface area contributed by atoms with Gasteiger partial charge in [-0.1, -0.05) is 0 Å². The summed E-state index contributed by atoms with van der Waals surface area (Å²) in [5, 5.41) is 24.4. The van der Waals surface area contributed by atoms with Crippen molar-refractivity contribution < 1.29 is 43.8 Å². The summed E-state index contributed by atoms with van der Waals surface area (Å²) in [6.45, 7) is 1.20. The lowest BCUT2D eigenvalue weighted by atomic mass is 10.1. The fraction of sp³-hybridized carbons (Fsp3) is 0.562. The molecule has 0 saturated heterocycles. The first kappa shape index (κ1) is 27.2. The molecule has 0 aliphatic heterocycles. The van der Waals surface area contributed by atoms with Crippen LogP contribution in [0.5, 0.6) is 0 Å². The van der Waals surface area contributed by atoms with E-state index < -0.39 is 78.5 Å².